The van der Waals surface area contributed by atoms with Crippen molar-refractivity contribution in [2.75, 3.05) is 5.32 Å². The molecule has 4 nitrogen and oxygen atoms in total. The van der Waals surface area contributed by atoms with Crippen molar-refractivity contribution in [1.82, 2.24) is 5.32 Å². The molecule has 1 heterocycles. The molecule has 28 heavy (non-hydrogen) atoms. The van der Waals surface area contributed by atoms with Crippen LogP contribution in [0.15, 0.2) is 0 Å². The van der Waals surface area contributed by atoms with Crippen molar-refractivity contribution in [2.45, 2.75) is 96.8 Å². The number of nitriles is 1. The lowest BCUT2D eigenvalue weighted by Crippen LogP contribution is -2.33. The summed E-state index contributed by atoms with van der Waals surface area (Å²) in [6.45, 7) is 2.24. The molecule has 154 valence electrons. The Labute approximate surface area is 179 Å². The van der Waals surface area contributed by atoms with Crippen molar-refractivity contribution >= 4 is 39.6 Å². The van der Waals surface area contributed by atoms with Gasteiger partial charge in [0.2, 0.25) is 5.91 Å². The molecule has 0 saturated heterocycles. The maximum absolute atomic E-state index is 12.1. The number of aryl methyl sites for hydroxylation is 1. The number of thiocarbonyl (C=S) groups is 1. The highest BCUT2D eigenvalue weighted by atomic mass is 32.1. The first kappa shape index (κ1) is 22.8. The number of fused-ring (bicyclic) bond motifs is 1. The number of thiophene rings is 1. The summed E-state index contributed by atoms with van der Waals surface area (Å²) < 4.78 is 0. The van der Waals surface area contributed by atoms with E-state index in [-0.39, 0.29) is 5.91 Å². The number of hydrogen-bond acceptors (Lipinski definition) is 4. The zero-order valence-electron chi connectivity index (χ0n) is 17.1. The summed E-state index contributed by atoms with van der Waals surface area (Å²) in [6, 6.07) is 2.31. The van der Waals surface area contributed by atoms with Crippen molar-refractivity contribution in [2.24, 2.45) is 0 Å². The minimum absolute atomic E-state index is 0.0414. The number of nitrogens with zero attached hydrogens (tertiary/aromatic N) is 1. The normalized spacial score (nSPS) is 12.9. The molecule has 0 aromatic carbocycles. The lowest BCUT2D eigenvalue weighted by Gasteiger charge is -2.10. The molecule has 0 unspecified atom stereocenters. The lowest BCUT2D eigenvalue weighted by atomic mass is 9.96. The molecule has 2 rings (SSSR count). The Morgan fingerprint density at radius 1 is 1.07 bits per heavy atom. The Balaban J connectivity index is 1.63. The molecular weight excluding hydrogens is 386 g/mol. The molecule has 1 aliphatic rings. The lowest BCUT2D eigenvalue weighted by molar-refractivity contribution is -0.119. The van der Waals surface area contributed by atoms with Crippen molar-refractivity contribution in [3.8, 4) is 6.07 Å². The summed E-state index contributed by atoms with van der Waals surface area (Å²) in [5.74, 6) is -0.0414. The Kier molecular flexibility index (Phi) is 10.5. The smallest absolute Gasteiger partial charge is 0.226 e. The average Bonchev–Trinajstić information content (AvgIpc) is 3.03. The van der Waals surface area contributed by atoms with Crippen LogP contribution in [-0.4, -0.2) is 11.0 Å². The quantitative estimate of drug-likeness (QED) is 0.329. The number of unbranched alkanes of at least 4 members (excludes halogenated alkanes) is 8. The van der Waals surface area contributed by atoms with E-state index in [0.717, 1.165) is 37.1 Å². The van der Waals surface area contributed by atoms with Crippen LogP contribution in [0.25, 0.3) is 0 Å². The molecule has 0 radical (unpaired) electrons. The highest BCUT2D eigenvalue weighted by Crippen LogP contribution is 2.37. The topological polar surface area (TPSA) is 64.9 Å². The van der Waals surface area contributed by atoms with Gasteiger partial charge in [0.15, 0.2) is 5.11 Å². The van der Waals surface area contributed by atoms with Gasteiger partial charge in [0.1, 0.15) is 11.1 Å². The summed E-state index contributed by atoms with van der Waals surface area (Å²) in [4.78, 5) is 13.4. The van der Waals surface area contributed by atoms with Crippen molar-refractivity contribution in [3.63, 3.8) is 0 Å². The Bertz CT molecular complexity index is 691. The maximum Gasteiger partial charge on any atom is 0.226 e. The molecule has 6 heteroatoms. The summed E-state index contributed by atoms with van der Waals surface area (Å²) in [5, 5.41) is 16.4. The van der Waals surface area contributed by atoms with Crippen LogP contribution in [0, 0.1) is 11.3 Å². The summed E-state index contributed by atoms with van der Waals surface area (Å²) in [5.41, 5.74) is 1.88. The summed E-state index contributed by atoms with van der Waals surface area (Å²) in [7, 11) is 0. The van der Waals surface area contributed by atoms with Crippen molar-refractivity contribution < 1.29 is 4.79 Å². The molecule has 0 spiro atoms. The molecule has 1 aromatic heterocycles. The largest absolute Gasteiger partial charge is 0.323 e. The zero-order valence-corrected chi connectivity index (χ0v) is 18.7. The highest BCUT2D eigenvalue weighted by Gasteiger charge is 2.21. The fraction of sp³-hybridized carbons (Fsp3) is 0.682. The highest BCUT2D eigenvalue weighted by molar-refractivity contribution is 7.80. The molecule has 1 amide bonds. The molecule has 0 aliphatic heterocycles. The van der Waals surface area contributed by atoms with E-state index in [4.69, 9.17) is 12.2 Å². The van der Waals surface area contributed by atoms with E-state index >= 15 is 0 Å². The Morgan fingerprint density at radius 2 is 1.71 bits per heavy atom. The second-order valence-electron chi connectivity index (χ2n) is 7.61. The van der Waals surface area contributed by atoms with Gasteiger partial charge in [-0.2, -0.15) is 5.26 Å². The molecule has 0 bridgehead atoms. The van der Waals surface area contributed by atoms with Gasteiger partial charge >= 0.3 is 0 Å². The van der Waals surface area contributed by atoms with E-state index < -0.39 is 0 Å². The second-order valence-corrected chi connectivity index (χ2v) is 9.12. The van der Waals surface area contributed by atoms with E-state index in [2.05, 4.69) is 23.6 Å². The van der Waals surface area contributed by atoms with E-state index in [1.54, 1.807) is 11.3 Å². The van der Waals surface area contributed by atoms with E-state index in [9.17, 15) is 10.1 Å². The predicted octanol–water partition coefficient (Wildman–Crippen LogP) is 6.23. The number of nitrogens with one attached hydrogen (secondary N) is 2. The first-order valence-electron chi connectivity index (χ1n) is 10.8. The van der Waals surface area contributed by atoms with Gasteiger partial charge in [-0.1, -0.05) is 58.3 Å². The van der Waals surface area contributed by atoms with Gasteiger partial charge in [0.05, 0.1) is 5.56 Å². The van der Waals surface area contributed by atoms with E-state index in [1.165, 1.54) is 61.8 Å². The maximum atomic E-state index is 12.1. The first-order valence-corrected chi connectivity index (χ1v) is 12.0. The number of rotatable bonds is 11. The number of hydrogen-bond donors (Lipinski definition) is 2. The second kappa shape index (κ2) is 12.9. The van der Waals surface area contributed by atoms with Crippen LogP contribution in [-0.2, 0) is 17.6 Å². The van der Waals surface area contributed by atoms with Gasteiger partial charge in [-0.15, -0.1) is 11.3 Å². The molecule has 1 aliphatic carbocycles. The fourth-order valence-electron chi connectivity index (χ4n) is 3.69. The standard InChI is InChI=1S/C22H33N3OS2/c1-2-3-4-5-6-7-8-9-10-15-20(26)24-22(27)25-21-18(16-23)17-13-11-12-14-19(17)28-21/h2-15H2,1H3,(H2,24,25,26,27). The van der Waals surface area contributed by atoms with Gasteiger partial charge < -0.3 is 10.6 Å². The van der Waals surface area contributed by atoms with Crippen LogP contribution < -0.4 is 10.6 Å². The average molecular weight is 420 g/mol. The van der Waals surface area contributed by atoms with Crippen molar-refractivity contribution in [1.29, 1.82) is 5.26 Å². The molecule has 0 atom stereocenters. The number of carbonyl (C=O) groups is 1. The van der Waals surface area contributed by atoms with Crippen LogP contribution in [0.5, 0.6) is 0 Å². The minimum Gasteiger partial charge on any atom is -0.323 e. The van der Waals surface area contributed by atoms with Gasteiger partial charge in [0.25, 0.3) is 0 Å². The first-order chi connectivity index (χ1) is 13.7. The van der Waals surface area contributed by atoms with E-state index in [1.807, 2.05) is 0 Å². The van der Waals surface area contributed by atoms with Gasteiger partial charge in [-0.3, -0.25) is 4.79 Å². The minimum atomic E-state index is -0.0414. The number of anilines is 1. The van der Waals surface area contributed by atoms with E-state index in [0.29, 0.717) is 17.1 Å². The van der Waals surface area contributed by atoms with Crippen LogP contribution >= 0.6 is 23.6 Å². The predicted molar refractivity (Wildman–Crippen MR) is 122 cm³/mol. The summed E-state index contributed by atoms with van der Waals surface area (Å²) in [6.07, 6.45) is 15.9. The third-order valence-electron chi connectivity index (χ3n) is 5.27. The number of carbonyl (C=O) groups excluding carboxylic acids is 1. The van der Waals surface area contributed by atoms with Gasteiger partial charge in [-0.05, 0) is 49.9 Å². The van der Waals surface area contributed by atoms with Crippen LogP contribution in [0.1, 0.15) is 100.0 Å². The van der Waals surface area contributed by atoms with Crippen LogP contribution in [0.4, 0.5) is 5.00 Å². The molecular formula is C22H33N3OS2. The Hall–Kier alpha value is -1.45. The van der Waals surface area contributed by atoms with Gasteiger partial charge in [0, 0.05) is 11.3 Å². The fourth-order valence-corrected chi connectivity index (χ4v) is 5.22. The Morgan fingerprint density at radius 3 is 2.39 bits per heavy atom. The van der Waals surface area contributed by atoms with Crippen LogP contribution in [0.2, 0.25) is 0 Å². The third-order valence-corrected chi connectivity index (χ3v) is 6.68. The molecule has 0 saturated carbocycles. The molecule has 0 fully saturated rings. The zero-order chi connectivity index (χ0) is 20.2. The molecule has 2 N–H and O–H groups in total. The number of amides is 1. The third kappa shape index (κ3) is 7.52. The van der Waals surface area contributed by atoms with Crippen molar-refractivity contribution in [3.05, 3.63) is 16.0 Å². The van der Waals surface area contributed by atoms with Crippen LogP contribution in [0.3, 0.4) is 0 Å². The molecule has 1 aromatic rings. The monoisotopic (exact) mass is 419 g/mol. The van der Waals surface area contributed by atoms with Gasteiger partial charge in [-0.25, -0.2) is 0 Å². The summed E-state index contributed by atoms with van der Waals surface area (Å²) >= 11 is 6.89. The SMILES string of the molecule is CCCCCCCCCCCC(=O)NC(=S)Nc1sc2c(c1C#N)CCCC2.